The fourth-order valence-electron chi connectivity index (χ4n) is 2.15. The number of nitrogens with one attached hydrogen (secondary N) is 2. The summed E-state index contributed by atoms with van der Waals surface area (Å²) in [5.41, 5.74) is 1.14. The van der Waals surface area contributed by atoms with Crippen molar-refractivity contribution in [2.24, 2.45) is 0 Å². The van der Waals surface area contributed by atoms with E-state index in [2.05, 4.69) is 10.6 Å². The molecule has 2 N–H and O–H groups in total. The van der Waals surface area contributed by atoms with Gasteiger partial charge in [0.15, 0.2) is 5.58 Å². The third-order valence-electron chi connectivity index (χ3n) is 3.26. The first kappa shape index (κ1) is 15.8. The fourth-order valence-corrected chi connectivity index (χ4v) is 2.15. The van der Waals surface area contributed by atoms with Gasteiger partial charge in [-0.3, -0.25) is 14.2 Å². The first-order valence-electron chi connectivity index (χ1n) is 7.18. The van der Waals surface area contributed by atoms with E-state index in [0.29, 0.717) is 17.6 Å². The Labute approximate surface area is 127 Å². The van der Waals surface area contributed by atoms with Crippen LogP contribution >= 0.6 is 0 Å². The van der Waals surface area contributed by atoms with E-state index >= 15 is 0 Å². The highest BCUT2D eigenvalue weighted by atomic mass is 16.4. The predicted octanol–water partition coefficient (Wildman–Crippen LogP) is 0.625. The maximum absolute atomic E-state index is 11.9. The summed E-state index contributed by atoms with van der Waals surface area (Å²) in [6, 6.07) is 6.42. The second-order valence-corrected chi connectivity index (χ2v) is 4.92. The quantitative estimate of drug-likeness (QED) is 0.818. The number of para-hydroxylation sites is 2. The van der Waals surface area contributed by atoms with Crippen LogP contribution in [0.2, 0.25) is 0 Å². The molecule has 0 aliphatic rings. The fraction of sp³-hybridized carbons (Fsp3) is 0.400. The largest absolute Gasteiger partial charge is 0.419 e. The summed E-state index contributed by atoms with van der Waals surface area (Å²) >= 11 is 0. The highest BCUT2D eigenvalue weighted by molar-refractivity contribution is 5.87. The van der Waals surface area contributed by atoms with E-state index in [4.69, 9.17) is 4.42 Å². The zero-order chi connectivity index (χ0) is 16.1. The Bertz CT molecular complexity index is 732. The number of carbonyl (C=O) groups excluding carboxylic acids is 2. The molecule has 1 aromatic carbocycles. The Morgan fingerprint density at radius 1 is 1.32 bits per heavy atom. The number of hydrogen-bond donors (Lipinski definition) is 2. The lowest BCUT2D eigenvalue weighted by Crippen LogP contribution is -2.45. The second-order valence-electron chi connectivity index (χ2n) is 4.92. The van der Waals surface area contributed by atoms with Crippen LogP contribution in [0.3, 0.4) is 0 Å². The normalized spacial score (nSPS) is 12.1. The third kappa shape index (κ3) is 3.55. The number of amides is 2. The minimum Gasteiger partial charge on any atom is -0.408 e. The lowest BCUT2D eigenvalue weighted by Gasteiger charge is -2.13. The van der Waals surface area contributed by atoms with Gasteiger partial charge >= 0.3 is 5.76 Å². The van der Waals surface area contributed by atoms with Crippen LogP contribution < -0.4 is 16.4 Å². The number of aromatic nitrogens is 1. The number of fused-ring (bicyclic) bond motifs is 1. The zero-order valence-corrected chi connectivity index (χ0v) is 12.6. The van der Waals surface area contributed by atoms with Gasteiger partial charge < -0.3 is 15.1 Å². The van der Waals surface area contributed by atoms with Crippen molar-refractivity contribution in [3.63, 3.8) is 0 Å². The minimum atomic E-state index is -0.606. The molecule has 1 aromatic heterocycles. The second kappa shape index (κ2) is 6.93. The van der Waals surface area contributed by atoms with Gasteiger partial charge in [-0.15, -0.1) is 0 Å². The molecule has 0 spiro atoms. The first-order chi connectivity index (χ1) is 10.5. The molecule has 7 heteroatoms. The van der Waals surface area contributed by atoms with E-state index in [9.17, 15) is 14.4 Å². The summed E-state index contributed by atoms with van der Waals surface area (Å²) in [5.74, 6) is -1.02. The molecule has 0 bridgehead atoms. The summed E-state index contributed by atoms with van der Waals surface area (Å²) in [5, 5.41) is 5.23. The Morgan fingerprint density at radius 3 is 2.77 bits per heavy atom. The van der Waals surface area contributed by atoms with Crippen LogP contribution in [-0.2, 0) is 16.1 Å². The van der Waals surface area contributed by atoms with Gasteiger partial charge in [-0.25, -0.2) is 4.79 Å². The Kier molecular flexibility index (Phi) is 4.98. The van der Waals surface area contributed by atoms with Crippen LogP contribution in [-0.4, -0.2) is 29.0 Å². The topological polar surface area (TPSA) is 93.3 Å². The molecule has 1 atom stereocenters. The average molecular weight is 305 g/mol. The number of nitrogens with zero attached hydrogens (tertiary/aromatic N) is 1. The third-order valence-corrected chi connectivity index (χ3v) is 3.26. The molecule has 2 amide bonds. The summed E-state index contributed by atoms with van der Waals surface area (Å²) in [4.78, 5) is 35.2. The molecule has 7 nitrogen and oxygen atoms in total. The molecular formula is C15H19N3O4. The molecule has 22 heavy (non-hydrogen) atoms. The van der Waals surface area contributed by atoms with Gasteiger partial charge in [-0.2, -0.15) is 0 Å². The molecule has 2 rings (SSSR count). The van der Waals surface area contributed by atoms with E-state index in [1.165, 1.54) is 4.57 Å². The van der Waals surface area contributed by atoms with E-state index in [0.717, 1.165) is 0 Å². The molecule has 0 fully saturated rings. The summed E-state index contributed by atoms with van der Waals surface area (Å²) in [7, 11) is 0. The summed E-state index contributed by atoms with van der Waals surface area (Å²) in [6.07, 6.45) is 0.0905. The van der Waals surface area contributed by atoms with E-state index in [1.807, 2.05) is 6.92 Å². The number of hydrogen-bond acceptors (Lipinski definition) is 4. The monoisotopic (exact) mass is 305 g/mol. The van der Waals surface area contributed by atoms with Gasteiger partial charge in [-0.1, -0.05) is 12.1 Å². The number of aryl methyl sites for hydroxylation is 1. The SMILES string of the molecule is CCNC(=O)[C@H](C)NC(=O)CCn1c(=O)oc2ccccc21. The number of rotatable bonds is 6. The Hall–Kier alpha value is -2.57. The van der Waals surface area contributed by atoms with Gasteiger partial charge in [0.1, 0.15) is 6.04 Å². The molecule has 0 saturated heterocycles. The van der Waals surface area contributed by atoms with Crippen molar-refractivity contribution in [1.29, 1.82) is 0 Å². The van der Waals surface area contributed by atoms with Gasteiger partial charge in [0.25, 0.3) is 0 Å². The molecule has 0 aliphatic heterocycles. The van der Waals surface area contributed by atoms with Crippen molar-refractivity contribution in [1.82, 2.24) is 15.2 Å². The molecule has 0 aliphatic carbocycles. The van der Waals surface area contributed by atoms with Gasteiger partial charge in [-0.05, 0) is 26.0 Å². The first-order valence-corrected chi connectivity index (χ1v) is 7.18. The summed E-state index contributed by atoms with van der Waals surface area (Å²) in [6.45, 7) is 4.13. The smallest absolute Gasteiger partial charge is 0.408 e. The highest BCUT2D eigenvalue weighted by Crippen LogP contribution is 2.11. The average Bonchev–Trinajstić information content (AvgIpc) is 2.80. The predicted molar refractivity (Wildman–Crippen MR) is 81.4 cm³/mol. The minimum absolute atomic E-state index is 0.0905. The lowest BCUT2D eigenvalue weighted by atomic mass is 10.2. The maximum Gasteiger partial charge on any atom is 0.419 e. The molecule has 0 radical (unpaired) electrons. The van der Waals surface area contributed by atoms with Gasteiger partial charge in [0, 0.05) is 19.5 Å². The van der Waals surface area contributed by atoms with Crippen molar-refractivity contribution >= 4 is 22.9 Å². The van der Waals surface area contributed by atoms with Crippen molar-refractivity contribution in [2.75, 3.05) is 6.54 Å². The van der Waals surface area contributed by atoms with Crippen molar-refractivity contribution in [2.45, 2.75) is 32.9 Å². The molecule has 118 valence electrons. The Balaban J connectivity index is 1.97. The number of carbonyl (C=O) groups is 2. The number of likely N-dealkylation sites (N-methyl/N-ethyl adjacent to an activating group) is 1. The van der Waals surface area contributed by atoms with Crippen LogP contribution in [0.1, 0.15) is 20.3 Å². The summed E-state index contributed by atoms with van der Waals surface area (Å²) < 4.78 is 6.50. The Morgan fingerprint density at radius 2 is 2.05 bits per heavy atom. The van der Waals surface area contributed by atoms with Crippen molar-refractivity contribution < 1.29 is 14.0 Å². The molecule has 1 heterocycles. The van der Waals surface area contributed by atoms with Crippen LogP contribution in [0.15, 0.2) is 33.5 Å². The number of benzene rings is 1. The van der Waals surface area contributed by atoms with Gasteiger partial charge in [0.05, 0.1) is 5.52 Å². The lowest BCUT2D eigenvalue weighted by molar-refractivity contribution is -0.128. The van der Waals surface area contributed by atoms with Crippen LogP contribution in [0, 0.1) is 0 Å². The van der Waals surface area contributed by atoms with Crippen LogP contribution in [0.25, 0.3) is 11.1 Å². The zero-order valence-electron chi connectivity index (χ0n) is 12.6. The number of oxazole rings is 1. The molecular weight excluding hydrogens is 286 g/mol. The van der Waals surface area contributed by atoms with Crippen LogP contribution in [0.5, 0.6) is 0 Å². The molecule has 0 saturated carbocycles. The van der Waals surface area contributed by atoms with E-state index < -0.39 is 11.8 Å². The van der Waals surface area contributed by atoms with Gasteiger partial charge in [0.2, 0.25) is 11.8 Å². The van der Waals surface area contributed by atoms with Crippen LogP contribution in [0.4, 0.5) is 0 Å². The van der Waals surface area contributed by atoms with E-state index in [1.54, 1.807) is 31.2 Å². The van der Waals surface area contributed by atoms with Crippen molar-refractivity contribution in [3.05, 3.63) is 34.8 Å². The van der Waals surface area contributed by atoms with Crippen molar-refractivity contribution in [3.8, 4) is 0 Å². The molecule has 2 aromatic rings. The highest BCUT2D eigenvalue weighted by Gasteiger charge is 2.15. The standard InChI is InChI=1S/C15H19N3O4/c1-3-16-14(20)10(2)17-13(19)8-9-18-11-6-4-5-7-12(11)22-15(18)21/h4-7,10H,3,8-9H2,1-2H3,(H,16,20)(H,17,19)/t10-/m0/s1. The maximum atomic E-state index is 11.9. The molecule has 0 unspecified atom stereocenters. The van der Waals surface area contributed by atoms with E-state index in [-0.39, 0.29) is 24.8 Å².